The van der Waals surface area contributed by atoms with E-state index >= 15 is 0 Å². The first-order valence-electron chi connectivity index (χ1n) is 12.0. The number of amides is 2. The highest BCUT2D eigenvalue weighted by Crippen LogP contribution is 2.44. The van der Waals surface area contributed by atoms with Crippen molar-refractivity contribution in [2.45, 2.75) is 50.1 Å². The van der Waals surface area contributed by atoms with E-state index in [-0.39, 0.29) is 43.4 Å². The molecule has 3 atom stereocenters. The number of carboxylic acid groups (broad SMARTS) is 1. The molecule has 35 heavy (non-hydrogen) atoms. The van der Waals surface area contributed by atoms with E-state index in [0.717, 1.165) is 28.7 Å². The second-order valence-corrected chi connectivity index (χ2v) is 9.66. The number of carbonyl (C=O) groups excluding carboxylic acids is 2. The first kappa shape index (κ1) is 24.7. The molecule has 2 aliphatic carbocycles. The molecule has 2 aliphatic rings. The zero-order valence-electron chi connectivity index (χ0n) is 20.1. The van der Waals surface area contributed by atoms with Crippen LogP contribution in [0.25, 0.3) is 11.1 Å². The van der Waals surface area contributed by atoms with E-state index in [9.17, 15) is 14.4 Å². The first-order chi connectivity index (χ1) is 16.8. The highest BCUT2D eigenvalue weighted by atomic mass is 16.5. The van der Waals surface area contributed by atoms with Crippen molar-refractivity contribution < 1.29 is 29.0 Å². The fourth-order valence-corrected chi connectivity index (χ4v) is 5.29. The van der Waals surface area contributed by atoms with Crippen LogP contribution in [0.2, 0.25) is 0 Å². The standard InChI is InChI=1S/C27H32N2O6/c1-27(16-34-2,25(32)28-18-12-11-17(13-18)14-24(30)31)29-26(33)35-15-23-21-9-5-3-7-19(21)20-8-4-6-10-22(20)23/h3-10,17-18,23H,11-16H2,1-2H3,(H,28,32)(H,29,33)(H,30,31)/t17-,18+,27?/m0/s1. The van der Waals surface area contributed by atoms with Gasteiger partial charge in [0, 0.05) is 25.5 Å². The Kier molecular flexibility index (Phi) is 7.40. The topological polar surface area (TPSA) is 114 Å². The fraction of sp³-hybridized carbons (Fsp3) is 0.444. The summed E-state index contributed by atoms with van der Waals surface area (Å²) in [6.07, 6.45) is 1.46. The number of aliphatic carboxylic acids is 1. The van der Waals surface area contributed by atoms with Crippen molar-refractivity contribution >= 4 is 18.0 Å². The van der Waals surface area contributed by atoms with Gasteiger partial charge in [0.25, 0.3) is 0 Å². The summed E-state index contributed by atoms with van der Waals surface area (Å²) in [5, 5.41) is 14.7. The molecular weight excluding hydrogens is 448 g/mol. The smallest absolute Gasteiger partial charge is 0.408 e. The van der Waals surface area contributed by atoms with E-state index in [1.807, 2.05) is 36.4 Å². The van der Waals surface area contributed by atoms with Crippen molar-refractivity contribution in [2.75, 3.05) is 20.3 Å². The lowest BCUT2D eigenvalue weighted by atomic mass is 9.98. The second-order valence-electron chi connectivity index (χ2n) is 9.66. The van der Waals surface area contributed by atoms with Crippen molar-refractivity contribution in [2.24, 2.45) is 5.92 Å². The van der Waals surface area contributed by atoms with Gasteiger partial charge in [-0.1, -0.05) is 48.5 Å². The highest BCUT2D eigenvalue weighted by Gasteiger charge is 2.39. The lowest BCUT2D eigenvalue weighted by Gasteiger charge is -2.30. The number of carbonyl (C=O) groups is 3. The molecule has 4 rings (SSSR count). The molecule has 0 saturated heterocycles. The number of hydrogen-bond donors (Lipinski definition) is 3. The molecule has 3 N–H and O–H groups in total. The molecule has 1 unspecified atom stereocenters. The molecule has 0 radical (unpaired) electrons. The summed E-state index contributed by atoms with van der Waals surface area (Å²) in [6, 6.07) is 16.0. The summed E-state index contributed by atoms with van der Waals surface area (Å²) in [6.45, 7) is 1.70. The summed E-state index contributed by atoms with van der Waals surface area (Å²) in [5.41, 5.74) is 3.16. The van der Waals surface area contributed by atoms with Gasteiger partial charge in [-0.05, 0) is 54.4 Å². The van der Waals surface area contributed by atoms with Gasteiger partial charge in [-0.25, -0.2) is 4.79 Å². The minimum Gasteiger partial charge on any atom is -0.481 e. The van der Waals surface area contributed by atoms with Crippen LogP contribution in [0.15, 0.2) is 48.5 Å². The Hall–Kier alpha value is -3.39. The Balaban J connectivity index is 1.37. The zero-order chi connectivity index (χ0) is 25.0. The molecule has 0 heterocycles. The van der Waals surface area contributed by atoms with Crippen LogP contribution in [0.4, 0.5) is 4.79 Å². The quantitative estimate of drug-likeness (QED) is 0.504. The van der Waals surface area contributed by atoms with Crippen LogP contribution in [-0.4, -0.2) is 55.0 Å². The van der Waals surface area contributed by atoms with Crippen LogP contribution >= 0.6 is 0 Å². The maximum Gasteiger partial charge on any atom is 0.408 e. The Morgan fingerprint density at radius 1 is 1.03 bits per heavy atom. The molecular formula is C27H32N2O6. The van der Waals surface area contributed by atoms with Crippen LogP contribution in [0.5, 0.6) is 0 Å². The Bertz CT molecular complexity index is 1060. The molecule has 186 valence electrons. The predicted molar refractivity (Wildman–Crippen MR) is 130 cm³/mol. The number of methoxy groups -OCH3 is 1. The average Bonchev–Trinajstić information content (AvgIpc) is 3.39. The highest BCUT2D eigenvalue weighted by molar-refractivity contribution is 5.90. The largest absolute Gasteiger partial charge is 0.481 e. The number of hydrogen-bond acceptors (Lipinski definition) is 5. The Morgan fingerprint density at radius 3 is 2.26 bits per heavy atom. The minimum atomic E-state index is -1.33. The number of benzene rings is 2. The minimum absolute atomic E-state index is 0.0334. The van der Waals surface area contributed by atoms with Gasteiger partial charge in [-0.15, -0.1) is 0 Å². The van der Waals surface area contributed by atoms with E-state index in [1.165, 1.54) is 7.11 Å². The van der Waals surface area contributed by atoms with Crippen LogP contribution in [-0.2, 0) is 19.1 Å². The molecule has 2 amide bonds. The maximum absolute atomic E-state index is 13.1. The van der Waals surface area contributed by atoms with Gasteiger partial charge in [-0.3, -0.25) is 9.59 Å². The third kappa shape index (κ3) is 5.48. The number of nitrogens with one attached hydrogen (secondary N) is 2. The van der Waals surface area contributed by atoms with Crippen molar-refractivity contribution in [3.8, 4) is 11.1 Å². The molecule has 0 bridgehead atoms. The van der Waals surface area contributed by atoms with Crippen molar-refractivity contribution in [3.05, 3.63) is 59.7 Å². The number of alkyl carbamates (subject to hydrolysis) is 1. The number of ether oxygens (including phenoxy) is 2. The maximum atomic E-state index is 13.1. The molecule has 8 nitrogen and oxygen atoms in total. The summed E-state index contributed by atoms with van der Waals surface area (Å²) < 4.78 is 10.8. The normalized spacial score (nSPS) is 20.4. The molecule has 2 aromatic rings. The van der Waals surface area contributed by atoms with E-state index in [1.54, 1.807) is 6.92 Å². The monoisotopic (exact) mass is 480 g/mol. The third-order valence-electron chi connectivity index (χ3n) is 7.00. The van der Waals surface area contributed by atoms with E-state index < -0.39 is 17.6 Å². The van der Waals surface area contributed by atoms with Crippen LogP contribution < -0.4 is 10.6 Å². The first-order valence-corrected chi connectivity index (χ1v) is 12.0. The summed E-state index contributed by atoms with van der Waals surface area (Å²) >= 11 is 0. The van der Waals surface area contributed by atoms with Gasteiger partial charge in [0.15, 0.2) is 0 Å². The predicted octanol–water partition coefficient (Wildman–Crippen LogP) is 3.69. The lowest BCUT2D eigenvalue weighted by Crippen LogP contribution is -2.61. The summed E-state index contributed by atoms with van der Waals surface area (Å²) in [4.78, 5) is 36.9. The van der Waals surface area contributed by atoms with Crippen molar-refractivity contribution in [1.82, 2.24) is 10.6 Å². The second kappa shape index (κ2) is 10.5. The van der Waals surface area contributed by atoms with Crippen molar-refractivity contribution in [3.63, 3.8) is 0 Å². The van der Waals surface area contributed by atoms with Gasteiger partial charge in [0.05, 0.1) is 6.61 Å². The molecule has 0 aromatic heterocycles. The van der Waals surface area contributed by atoms with Gasteiger partial charge >= 0.3 is 12.1 Å². The fourth-order valence-electron chi connectivity index (χ4n) is 5.29. The molecule has 1 fully saturated rings. The average molecular weight is 481 g/mol. The Morgan fingerprint density at radius 2 is 1.66 bits per heavy atom. The third-order valence-corrected chi connectivity index (χ3v) is 7.00. The molecule has 0 spiro atoms. The van der Waals surface area contributed by atoms with Gasteiger partial charge in [-0.2, -0.15) is 0 Å². The Labute approximate surface area is 205 Å². The van der Waals surface area contributed by atoms with Crippen molar-refractivity contribution in [1.29, 1.82) is 0 Å². The summed E-state index contributed by atoms with van der Waals surface area (Å²) in [7, 11) is 1.46. The molecule has 1 saturated carbocycles. The van der Waals surface area contributed by atoms with Gasteiger partial charge in [0.2, 0.25) is 5.91 Å². The number of fused-ring (bicyclic) bond motifs is 3. The van der Waals surface area contributed by atoms with Gasteiger partial charge in [0.1, 0.15) is 12.1 Å². The van der Waals surface area contributed by atoms with Crippen LogP contribution in [0.3, 0.4) is 0 Å². The van der Waals surface area contributed by atoms with E-state index in [0.29, 0.717) is 12.8 Å². The molecule has 2 aromatic carbocycles. The van der Waals surface area contributed by atoms with Crippen LogP contribution in [0, 0.1) is 5.92 Å². The molecule has 0 aliphatic heterocycles. The lowest BCUT2D eigenvalue weighted by molar-refractivity contribution is -0.138. The van der Waals surface area contributed by atoms with Gasteiger partial charge < -0.3 is 25.2 Å². The van der Waals surface area contributed by atoms with Crippen LogP contribution in [0.1, 0.15) is 49.7 Å². The summed E-state index contributed by atoms with van der Waals surface area (Å²) in [5.74, 6) is -1.25. The van der Waals surface area contributed by atoms with E-state index in [2.05, 4.69) is 22.8 Å². The SMILES string of the molecule is COCC(C)(NC(=O)OCC1c2ccccc2-c2ccccc21)C(=O)N[C@@H]1CC[C@H](CC(=O)O)C1. The molecule has 8 heteroatoms. The number of rotatable bonds is 9. The zero-order valence-corrected chi connectivity index (χ0v) is 20.1. The number of carboxylic acids is 1. The van der Waals surface area contributed by atoms with E-state index in [4.69, 9.17) is 14.6 Å².